The Morgan fingerprint density at radius 1 is 0.955 bits per heavy atom. The van der Waals surface area contributed by atoms with Gasteiger partial charge in [-0.3, -0.25) is 4.98 Å². The minimum atomic E-state index is -1.17. The Morgan fingerprint density at radius 2 is 1.66 bits per heavy atom. The normalized spacial score (nSPS) is 17.2. The van der Waals surface area contributed by atoms with Crippen LogP contribution in [0.2, 0.25) is 0 Å². The summed E-state index contributed by atoms with van der Waals surface area (Å²) in [6.07, 6.45) is 2.87. The molecule has 2 aromatic heterocycles. The summed E-state index contributed by atoms with van der Waals surface area (Å²) < 4.78 is 6.22. The number of anilines is 2. The fourth-order valence-electron chi connectivity index (χ4n) is 6.30. The number of piperidine rings is 1. The van der Waals surface area contributed by atoms with Gasteiger partial charge in [-0.2, -0.15) is 0 Å². The zero-order valence-electron chi connectivity index (χ0n) is 26.8. The Morgan fingerprint density at radius 3 is 2.30 bits per heavy atom. The van der Waals surface area contributed by atoms with Crippen LogP contribution in [0.15, 0.2) is 30.6 Å². The molecule has 1 aromatic carbocycles. The van der Waals surface area contributed by atoms with Crippen molar-refractivity contribution >= 4 is 23.4 Å². The van der Waals surface area contributed by atoms with Crippen LogP contribution < -0.4 is 9.80 Å². The van der Waals surface area contributed by atoms with E-state index in [1.54, 1.807) is 0 Å². The lowest BCUT2D eigenvalue weighted by molar-refractivity contribution is -0.160. The van der Waals surface area contributed by atoms with E-state index in [2.05, 4.69) is 51.8 Å². The fraction of sp³-hybridized carbons (Fsp3) is 0.500. The van der Waals surface area contributed by atoms with Crippen LogP contribution in [-0.2, 0) is 22.5 Å². The van der Waals surface area contributed by atoms with E-state index in [0.29, 0.717) is 30.2 Å². The van der Waals surface area contributed by atoms with Gasteiger partial charge in [0.15, 0.2) is 11.8 Å². The van der Waals surface area contributed by atoms with Crippen LogP contribution in [0.25, 0.3) is 11.1 Å². The first-order chi connectivity index (χ1) is 20.6. The molecule has 0 bridgehead atoms. The molecule has 44 heavy (non-hydrogen) atoms. The van der Waals surface area contributed by atoms with Crippen LogP contribution in [0.1, 0.15) is 92.1 Å². The van der Waals surface area contributed by atoms with Crippen LogP contribution in [0.4, 0.5) is 11.5 Å². The van der Waals surface area contributed by atoms with E-state index in [1.807, 2.05) is 34.6 Å². The van der Waals surface area contributed by atoms with Gasteiger partial charge in [0.25, 0.3) is 0 Å². The first-order valence-electron chi connectivity index (χ1n) is 15.2. The number of aromatic carboxylic acids is 1. The Hall–Kier alpha value is -4.05. The molecular formula is C34H43N5O5. The number of aryl methyl sites for hydroxylation is 2. The fourth-order valence-corrected chi connectivity index (χ4v) is 6.30. The molecule has 234 valence electrons. The van der Waals surface area contributed by atoms with E-state index < -0.39 is 23.6 Å². The standard InChI is InChI=1S/C34H43N5O5/c1-20-27(23-8-9-24-18-39(13-10-22(24)16-23)26-17-25(31(40)41)35-19-36-26)29(38-14-11-34(6,7)12-15-38)28(21(2)37-20)30(32(42)43)44-33(3,4)5/h8-9,16-17,19,30H,10-15,18H2,1-7H3,(H,40,41)(H,42,43)/t30-/m0/s1. The van der Waals surface area contributed by atoms with Gasteiger partial charge < -0.3 is 24.7 Å². The number of rotatable bonds is 7. The molecule has 1 fully saturated rings. The van der Waals surface area contributed by atoms with Gasteiger partial charge in [0.1, 0.15) is 12.1 Å². The molecular weight excluding hydrogens is 558 g/mol. The van der Waals surface area contributed by atoms with Gasteiger partial charge in [0.2, 0.25) is 0 Å². The zero-order chi connectivity index (χ0) is 32.0. The number of aliphatic carboxylic acids is 1. The lowest BCUT2D eigenvalue weighted by Crippen LogP contribution is -2.39. The smallest absolute Gasteiger partial charge is 0.354 e. The summed E-state index contributed by atoms with van der Waals surface area (Å²) in [6, 6.07) is 7.91. The summed E-state index contributed by atoms with van der Waals surface area (Å²) in [4.78, 5) is 41.7. The number of hydrogen-bond acceptors (Lipinski definition) is 8. The highest BCUT2D eigenvalue weighted by Gasteiger charge is 2.36. The van der Waals surface area contributed by atoms with E-state index in [9.17, 15) is 19.8 Å². The number of aromatic nitrogens is 3. The maximum Gasteiger partial charge on any atom is 0.354 e. The predicted molar refractivity (Wildman–Crippen MR) is 169 cm³/mol. The van der Waals surface area contributed by atoms with Crippen molar-refractivity contribution in [2.24, 2.45) is 5.41 Å². The Kier molecular flexibility index (Phi) is 8.41. The Labute approximate surface area is 259 Å². The number of ether oxygens (including phenoxy) is 1. The van der Waals surface area contributed by atoms with Crippen molar-refractivity contribution in [1.82, 2.24) is 15.0 Å². The minimum absolute atomic E-state index is 0.0296. The van der Waals surface area contributed by atoms with Crippen LogP contribution in [0.3, 0.4) is 0 Å². The van der Waals surface area contributed by atoms with Crippen LogP contribution >= 0.6 is 0 Å². The van der Waals surface area contributed by atoms with Crippen molar-refractivity contribution in [2.75, 3.05) is 29.4 Å². The van der Waals surface area contributed by atoms with Gasteiger partial charge in [-0.15, -0.1) is 0 Å². The van der Waals surface area contributed by atoms with E-state index in [-0.39, 0.29) is 11.1 Å². The summed E-state index contributed by atoms with van der Waals surface area (Å²) in [5, 5.41) is 19.8. The van der Waals surface area contributed by atoms with E-state index in [1.165, 1.54) is 18.0 Å². The number of nitrogens with zero attached hydrogens (tertiary/aromatic N) is 5. The number of carbonyl (C=O) groups is 2. The second-order valence-electron chi connectivity index (χ2n) is 13.7. The molecule has 2 aliphatic rings. The molecule has 2 aliphatic heterocycles. The van der Waals surface area contributed by atoms with Gasteiger partial charge in [-0.1, -0.05) is 32.0 Å². The molecule has 0 aliphatic carbocycles. The summed E-state index contributed by atoms with van der Waals surface area (Å²) in [7, 11) is 0. The van der Waals surface area contributed by atoms with Crippen molar-refractivity contribution in [1.29, 1.82) is 0 Å². The first-order valence-corrected chi connectivity index (χ1v) is 15.2. The summed E-state index contributed by atoms with van der Waals surface area (Å²) >= 11 is 0. The third-order valence-corrected chi connectivity index (χ3v) is 8.67. The molecule has 1 atom stereocenters. The number of pyridine rings is 1. The number of benzene rings is 1. The largest absolute Gasteiger partial charge is 0.479 e. The van der Waals surface area contributed by atoms with Crippen molar-refractivity contribution in [2.45, 2.75) is 86.0 Å². The maximum absolute atomic E-state index is 12.8. The predicted octanol–water partition coefficient (Wildman–Crippen LogP) is 5.98. The minimum Gasteiger partial charge on any atom is -0.479 e. The van der Waals surface area contributed by atoms with Crippen molar-refractivity contribution in [3.8, 4) is 11.1 Å². The average Bonchev–Trinajstić information content (AvgIpc) is 2.95. The summed E-state index contributed by atoms with van der Waals surface area (Å²) in [6.45, 7) is 17.0. The third kappa shape index (κ3) is 6.55. The summed E-state index contributed by atoms with van der Waals surface area (Å²) in [5.41, 5.74) is 6.83. The molecule has 0 radical (unpaired) electrons. The van der Waals surface area contributed by atoms with Gasteiger partial charge in [-0.05, 0) is 76.0 Å². The molecule has 10 heteroatoms. The van der Waals surface area contributed by atoms with Gasteiger partial charge in [0.05, 0.1) is 11.3 Å². The van der Waals surface area contributed by atoms with Crippen LogP contribution in [-0.4, -0.2) is 62.3 Å². The van der Waals surface area contributed by atoms with Crippen molar-refractivity contribution < 1.29 is 24.5 Å². The average molecular weight is 602 g/mol. The van der Waals surface area contributed by atoms with E-state index >= 15 is 0 Å². The van der Waals surface area contributed by atoms with Gasteiger partial charge in [-0.25, -0.2) is 19.6 Å². The van der Waals surface area contributed by atoms with Crippen LogP contribution in [0, 0.1) is 19.3 Å². The topological polar surface area (TPSA) is 129 Å². The molecule has 5 rings (SSSR count). The van der Waals surface area contributed by atoms with E-state index in [4.69, 9.17) is 9.72 Å². The second-order valence-corrected chi connectivity index (χ2v) is 13.7. The lowest BCUT2D eigenvalue weighted by atomic mass is 9.81. The van der Waals surface area contributed by atoms with Crippen molar-refractivity contribution in [3.63, 3.8) is 0 Å². The monoisotopic (exact) mass is 601 g/mol. The summed E-state index contributed by atoms with van der Waals surface area (Å²) in [5.74, 6) is -1.52. The second kappa shape index (κ2) is 11.8. The van der Waals surface area contributed by atoms with Crippen molar-refractivity contribution in [3.05, 3.63) is 64.4 Å². The highest BCUT2D eigenvalue weighted by atomic mass is 16.5. The first kappa shape index (κ1) is 31.4. The van der Waals surface area contributed by atoms with Crippen LogP contribution in [0.5, 0.6) is 0 Å². The molecule has 1 saturated heterocycles. The number of fused-ring (bicyclic) bond motifs is 1. The zero-order valence-corrected chi connectivity index (χ0v) is 26.8. The highest BCUT2D eigenvalue weighted by Crippen LogP contribution is 2.45. The molecule has 2 N–H and O–H groups in total. The Bertz CT molecular complexity index is 1590. The number of carboxylic acid groups (broad SMARTS) is 2. The molecule has 0 saturated carbocycles. The number of hydrogen-bond donors (Lipinski definition) is 2. The molecule has 0 amide bonds. The SMILES string of the molecule is Cc1nc(C)c([C@H](OC(C)(C)C)C(=O)O)c(N2CCC(C)(C)CC2)c1-c1ccc2c(c1)CCN(c1cc(C(=O)O)ncn1)C2. The molecule has 3 aromatic rings. The molecule has 10 nitrogen and oxygen atoms in total. The molecule has 0 unspecified atom stereocenters. The quantitative estimate of drug-likeness (QED) is 0.333. The number of carboxylic acids is 2. The van der Waals surface area contributed by atoms with Gasteiger partial charge in [0, 0.05) is 54.8 Å². The molecule has 0 spiro atoms. The third-order valence-electron chi connectivity index (χ3n) is 8.67. The highest BCUT2D eigenvalue weighted by molar-refractivity contribution is 5.88. The maximum atomic E-state index is 12.8. The van der Waals surface area contributed by atoms with E-state index in [0.717, 1.165) is 60.4 Å². The lowest BCUT2D eigenvalue weighted by Gasteiger charge is -2.41. The van der Waals surface area contributed by atoms with Gasteiger partial charge >= 0.3 is 11.9 Å². The molecule has 4 heterocycles. The Balaban J connectivity index is 1.60.